The van der Waals surface area contributed by atoms with Gasteiger partial charge in [0.25, 0.3) is 0 Å². The van der Waals surface area contributed by atoms with Gasteiger partial charge in [-0.15, -0.1) is 0 Å². The number of hydrogen-bond acceptors (Lipinski definition) is 3. The average molecular weight is 213 g/mol. The molecule has 1 heterocycles. The second kappa shape index (κ2) is 5.28. The zero-order valence-electron chi connectivity index (χ0n) is 9.44. The van der Waals surface area contributed by atoms with E-state index in [2.05, 4.69) is 4.90 Å². The van der Waals surface area contributed by atoms with Gasteiger partial charge in [-0.1, -0.05) is 12.8 Å². The van der Waals surface area contributed by atoms with Crippen LogP contribution in [-0.4, -0.2) is 47.0 Å². The zero-order valence-corrected chi connectivity index (χ0v) is 9.44. The van der Waals surface area contributed by atoms with Gasteiger partial charge >= 0.3 is 0 Å². The van der Waals surface area contributed by atoms with Crippen LogP contribution < -0.4 is 0 Å². The minimum atomic E-state index is -0.0914. The molecule has 2 aliphatic rings. The van der Waals surface area contributed by atoms with E-state index < -0.39 is 0 Å². The molecular weight excluding hydrogens is 190 g/mol. The summed E-state index contributed by atoms with van der Waals surface area (Å²) in [5.41, 5.74) is 0. The summed E-state index contributed by atoms with van der Waals surface area (Å²) >= 11 is 0. The summed E-state index contributed by atoms with van der Waals surface area (Å²) in [6, 6.07) is 0.353. The first-order valence-corrected chi connectivity index (χ1v) is 6.34. The summed E-state index contributed by atoms with van der Waals surface area (Å²) in [6.07, 6.45) is 6.83. The highest BCUT2D eigenvalue weighted by atomic mass is 16.3. The number of nitrogens with zero attached hydrogens (tertiary/aromatic N) is 1. The molecule has 2 rings (SSSR count). The fourth-order valence-electron chi connectivity index (χ4n) is 3.04. The lowest BCUT2D eigenvalue weighted by Gasteiger charge is -2.36. The smallest absolute Gasteiger partial charge is 0.0586 e. The first-order valence-electron chi connectivity index (χ1n) is 6.34. The van der Waals surface area contributed by atoms with Crippen molar-refractivity contribution in [3.05, 3.63) is 0 Å². The van der Waals surface area contributed by atoms with E-state index in [0.717, 1.165) is 32.4 Å². The maximum Gasteiger partial charge on any atom is 0.0586 e. The van der Waals surface area contributed by atoms with Crippen molar-refractivity contribution < 1.29 is 10.2 Å². The van der Waals surface area contributed by atoms with Gasteiger partial charge in [0.1, 0.15) is 0 Å². The molecule has 0 spiro atoms. The molecule has 3 atom stereocenters. The molecule has 0 radical (unpaired) electrons. The standard InChI is InChI=1S/C12H23NO2/c14-9-11-5-1-2-7-13(11)8-10-4-3-6-12(10)15/h10-12,14-15H,1-9H2. The van der Waals surface area contributed by atoms with E-state index in [0.29, 0.717) is 12.0 Å². The molecule has 2 N–H and O–H groups in total. The quantitative estimate of drug-likeness (QED) is 0.735. The summed E-state index contributed by atoms with van der Waals surface area (Å²) in [6.45, 7) is 2.38. The van der Waals surface area contributed by atoms with Crippen LogP contribution in [0.1, 0.15) is 38.5 Å². The fourth-order valence-corrected chi connectivity index (χ4v) is 3.04. The first-order chi connectivity index (χ1) is 7.31. The van der Waals surface area contributed by atoms with Crippen LogP contribution in [0.2, 0.25) is 0 Å². The van der Waals surface area contributed by atoms with E-state index in [4.69, 9.17) is 0 Å². The molecule has 0 bridgehead atoms. The van der Waals surface area contributed by atoms with Crippen molar-refractivity contribution in [3.63, 3.8) is 0 Å². The van der Waals surface area contributed by atoms with Crippen molar-refractivity contribution in [2.75, 3.05) is 19.7 Å². The van der Waals surface area contributed by atoms with Gasteiger partial charge in [-0.2, -0.15) is 0 Å². The summed E-state index contributed by atoms with van der Waals surface area (Å²) in [4.78, 5) is 2.39. The van der Waals surface area contributed by atoms with Crippen LogP contribution in [0.3, 0.4) is 0 Å². The molecule has 15 heavy (non-hydrogen) atoms. The SMILES string of the molecule is OCC1CCCCN1CC1CCCC1O. The van der Waals surface area contributed by atoms with Gasteiger partial charge < -0.3 is 10.2 Å². The third-order valence-electron chi connectivity index (χ3n) is 4.05. The molecule has 0 aromatic carbocycles. The Kier molecular flexibility index (Phi) is 4.00. The topological polar surface area (TPSA) is 43.7 Å². The van der Waals surface area contributed by atoms with Gasteiger partial charge in [0, 0.05) is 12.6 Å². The van der Waals surface area contributed by atoms with E-state index in [1.54, 1.807) is 0 Å². The molecule has 2 fully saturated rings. The first kappa shape index (κ1) is 11.4. The molecule has 3 nitrogen and oxygen atoms in total. The van der Waals surface area contributed by atoms with E-state index in [1.165, 1.54) is 19.3 Å². The number of likely N-dealkylation sites (tertiary alicyclic amines) is 1. The van der Waals surface area contributed by atoms with Crippen LogP contribution in [0.15, 0.2) is 0 Å². The van der Waals surface area contributed by atoms with Gasteiger partial charge in [-0.3, -0.25) is 4.90 Å². The number of aliphatic hydroxyl groups is 2. The lowest BCUT2D eigenvalue weighted by atomic mass is 9.98. The Morgan fingerprint density at radius 2 is 1.93 bits per heavy atom. The molecular formula is C12H23NO2. The molecule has 0 aromatic rings. The Balaban J connectivity index is 1.85. The predicted molar refractivity (Wildman–Crippen MR) is 59.6 cm³/mol. The van der Waals surface area contributed by atoms with Crippen molar-refractivity contribution in [2.45, 2.75) is 50.7 Å². The van der Waals surface area contributed by atoms with E-state index in [1.807, 2.05) is 0 Å². The molecule has 0 aromatic heterocycles. The minimum absolute atomic E-state index is 0.0914. The maximum atomic E-state index is 9.79. The van der Waals surface area contributed by atoms with E-state index in [9.17, 15) is 10.2 Å². The fraction of sp³-hybridized carbons (Fsp3) is 1.00. The van der Waals surface area contributed by atoms with Crippen LogP contribution >= 0.6 is 0 Å². The largest absolute Gasteiger partial charge is 0.395 e. The highest BCUT2D eigenvalue weighted by Crippen LogP contribution is 2.28. The van der Waals surface area contributed by atoms with Crippen LogP contribution in [0, 0.1) is 5.92 Å². The lowest BCUT2D eigenvalue weighted by molar-refractivity contribution is 0.0466. The van der Waals surface area contributed by atoms with Crippen molar-refractivity contribution in [2.24, 2.45) is 5.92 Å². The normalized spacial score (nSPS) is 38.4. The van der Waals surface area contributed by atoms with Gasteiger partial charge in [0.2, 0.25) is 0 Å². The lowest BCUT2D eigenvalue weighted by Crippen LogP contribution is -2.45. The zero-order chi connectivity index (χ0) is 10.7. The highest BCUT2D eigenvalue weighted by Gasteiger charge is 2.30. The number of rotatable bonds is 3. The highest BCUT2D eigenvalue weighted by molar-refractivity contribution is 4.83. The summed E-state index contributed by atoms with van der Waals surface area (Å²) < 4.78 is 0. The summed E-state index contributed by atoms with van der Waals surface area (Å²) in [5.74, 6) is 0.456. The third kappa shape index (κ3) is 2.71. The van der Waals surface area contributed by atoms with Crippen LogP contribution in [0.5, 0.6) is 0 Å². The number of hydrogen-bond donors (Lipinski definition) is 2. The molecule has 88 valence electrons. The summed E-state index contributed by atoms with van der Waals surface area (Å²) in [5, 5.41) is 19.1. The van der Waals surface area contributed by atoms with Crippen LogP contribution in [-0.2, 0) is 0 Å². The van der Waals surface area contributed by atoms with Crippen LogP contribution in [0.25, 0.3) is 0 Å². The van der Waals surface area contributed by atoms with E-state index >= 15 is 0 Å². The Hall–Kier alpha value is -0.120. The second-order valence-corrected chi connectivity index (χ2v) is 5.09. The van der Waals surface area contributed by atoms with Crippen molar-refractivity contribution >= 4 is 0 Å². The molecule has 1 aliphatic carbocycles. The van der Waals surface area contributed by atoms with Crippen molar-refractivity contribution in [1.82, 2.24) is 4.90 Å². The summed E-state index contributed by atoms with van der Waals surface area (Å²) in [7, 11) is 0. The Morgan fingerprint density at radius 3 is 2.60 bits per heavy atom. The third-order valence-corrected chi connectivity index (χ3v) is 4.05. The number of piperidine rings is 1. The second-order valence-electron chi connectivity index (χ2n) is 5.09. The Bertz CT molecular complexity index is 198. The number of aliphatic hydroxyl groups excluding tert-OH is 2. The average Bonchev–Trinajstić information content (AvgIpc) is 2.65. The molecule has 0 amide bonds. The Labute approximate surface area is 92.1 Å². The molecule has 1 aliphatic heterocycles. The van der Waals surface area contributed by atoms with Gasteiger partial charge in [0.05, 0.1) is 12.7 Å². The minimum Gasteiger partial charge on any atom is -0.395 e. The monoisotopic (exact) mass is 213 g/mol. The molecule has 1 saturated heterocycles. The molecule has 3 heteroatoms. The van der Waals surface area contributed by atoms with Gasteiger partial charge in [-0.05, 0) is 38.1 Å². The molecule has 1 saturated carbocycles. The molecule has 3 unspecified atom stereocenters. The van der Waals surface area contributed by atoms with E-state index in [-0.39, 0.29) is 12.7 Å². The maximum absolute atomic E-state index is 9.79. The van der Waals surface area contributed by atoms with Crippen molar-refractivity contribution in [3.8, 4) is 0 Å². The van der Waals surface area contributed by atoms with Crippen LogP contribution in [0.4, 0.5) is 0 Å². The predicted octanol–water partition coefficient (Wildman–Crippen LogP) is 0.994. The van der Waals surface area contributed by atoms with Crippen molar-refractivity contribution in [1.29, 1.82) is 0 Å². The van der Waals surface area contributed by atoms with Gasteiger partial charge in [-0.25, -0.2) is 0 Å². The Morgan fingerprint density at radius 1 is 1.07 bits per heavy atom. The van der Waals surface area contributed by atoms with Gasteiger partial charge in [0.15, 0.2) is 0 Å².